The molecule has 0 aromatic carbocycles. The van der Waals surface area contributed by atoms with Gasteiger partial charge >= 0.3 is 6.09 Å². The minimum Gasteiger partial charge on any atom is -0.450 e. The first-order valence-corrected chi connectivity index (χ1v) is 6.76. The summed E-state index contributed by atoms with van der Waals surface area (Å²) in [6, 6.07) is 0. The van der Waals surface area contributed by atoms with Crippen molar-refractivity contribution in [2.45, 2.75) is 25.5 Å². The summed E-state index contributed by atoms with van der Waals surface area (Å²) in [5.74, 6) is 0.351. The van der Waals surface area contributed by atoms with Gasteiger partial charge in [0.2, 0.25) is 5.91 Å². The van der Waals surface area contributed by atoms with Gasteiger partial charge in [0.1, 0.15) is 5.82 Å². The molecule has 0 aliphatic rings. The summed E-state index contributed by atoms with van der Waals surface area (Å²) >= 11 is 1.19. The van der Waals surface area contributed by atoms with Gasteiger partial charge in [-0.15, -0.1) is 10.2 Å². The molecule has 19 heavy (non-hydrogen) atoms. The lowest BCUT2D eigenvalue weighted by molar-refractivity contribution is -0.117. The first kappa shape index (κ1) is 15.4. The zero-order valence-corrected chi connectivity index (χ0v) is 11.7. The van der Waals surface area contributed by atoms with E-state index < -0.39 is 12.0 Å². The molecule has 1 heterocycles. The molecule has 1 rings (SSSR count). The van der Waals surface area contributed by atoms with Crippen molar-refractivity contribution in [2.75, 3.05) is 18.9 Å². The van der Waals surface area contributed by atoms with Crippen LogP contribution in [-0.2, 0) is 16.1 Å². The standard InChI is InChI=1S/C10H17N5O3S/c1-3-18-10(17)12-8(16)6-19-9-14-13-7(2)15(9)5-4-11/h3-6,11H2,1-2H3,(H,12,16,17). The zero-order valence-electron chi connectivity index (χ0n) is 10.9. The Balaban J connectivity index is 2.48. The number of alkyl carbamates (subject to hydrolysis) is 1. The van der Waals surface area contributed by atoms with Gasteiger partial charge in [-0.25, -0.2) is 4.79 Å². The number of ether oxygens (including phenoxy) is 1. The van der Waals surface area contributed by atoms with Crippen LogP contribution in [0.15, 0.2) is 5.16 Å². The van der Waals surface area contributed by atoms with E-state index in [0.29, 0.717) is 18.2 Å². The number of carbonyl (C=O) groups excluding carboxylic acids is 2. The molecule has 0 radical (unpaired) electrons. The number of rotatable bonds is 6. The van der Waals surface area contributed by atoms with Gasteiger partial charge in [0.25, 0.3) is 0 Å². The number of aryl methyl sites for hydroxylation is 1. The molecule has 106 valence electrons. The van der Waals surface area contributed by atoms with Gasteiger partial charge < -0.3 is 15.0 Å². The Bertz CT molecular complexity index is 448. The lowest BCUT2D eigenvalue weighted by atomic mass is 10.6. The van der Waals surface area contributed by atoms with Gasteiger partial charge in [0.15, 0.2) is 5.16 Å². The molecular weight excluding hydrogens is 270 g/mol. The molecule has 0 spiro atoms. The normalized spacial score (nSPS) is 10.3. The van der Waals surface area contributed by atoms with Crippen LogP contribution in [-0.4, -0.2) is 45.7 Å². The number of nitrogens with two attached hydrogens (primary N) is 1. The minimum atomic E-state index is -0.743. The summed E-state index contributed by atoms with van der Waals surface area (Å²) < 4.78 is 6.42. The van der Waals surface area contributed by atoms with E-state index in [1.54, 1.807) is 6.92 Å². The monoisotopic (exact) mass is 287 g/mol. The zero-order chi connectivity index (χ0) is 14.3. The van der Waals surface area contributed by atoms with Gasteiger partial charge in [0, 0.05) is 13.1 Å². The molecule has 0 aliphatic heterocycles. The van der Waals surface area contributed by atoms with Crippen molar-refractivity contribution in [3.8, 4) is 0 Å². The SMILES string of the molecule is CCOC(=O)NC(=O)CSc1nnc(C)n1CCN. The number of thioether (sulfide) groups is 1. The molecule has 0 atom stereocenters. The number of nitrogens with zero attached hydrogens (tertiary/aromatic N) is 3. The van der Waals surface area contributed by atoms with E-state index in [1.807, 2.05) is 11.5 Å². The van der Waals surface area contributed by atoms with Crippen LogP contribution < -0.4 is 11.1 Å². The van der Waals surface area contributed by atoms with Crippen molar-refractivity contribution >= 4 is 23.8 Å². The van der Waals surface area contributed by atoms with E-state index in [4.69, 9.17) is 5.73 Å². The molecule has 0 bridgehead atoms. The van der Waals surface area contributed by atoms with E-state index in [9.17, 15) is 9.59 Å². The van der Waals surface area contributed by atoms with Crippen LogP contribution in [0, 0.1) is 6.92 Å². The second-order valence-corrected chi connectivity index (χ2v) is 4.47. The highest BCUT2D eigenvalue weighted by molar-refractivity contribution is 7.99. The number of hydrogen-bond acceptors (Lipinski definition) is 7. The molecule has 0 aliphatic carbocycles. The molecule has 2 amide bonds. The average molecular weight is 287 g/mol. The summed E-state index contributed by atoms with van der Waals surface area (Å²) in [6.45, 7) is 4.74. The molecule has 0 saturated carbocycles. The first-order chi connectivity index (χ1) is 9.08. The van der Waals surface area contributed by atoms with Crippen LogP contribution in [0.1, 0.15) is 12.7 Å². The predicted molar refractivity (Wildman–Crippen MR) is 69.7 cm³/mol. The second-order valence-electron chi connectivity index (χ2n) is 3.53. The first-order valence-electron chi connectivity index (χ1n) is 5.77. The van der Waals surface area contributed by atoms with E-state index in [1.165, 1.54) is 11.8 Å². The second kappa shape index (κ2) is 7.74. The molecule has 0 unspecified atom stereocenters. The smallest absolute Gasteiger partial charge is 0.413 e. The summed E-state index contributed by atoms with van der Waals surface area (Å²) in [5, 5.41) is 10.6. The van der Waals surface area contributed by atoms with Gasteiger partial charge in [-0.2, -0.15) is 0 Å². The number of amides is 2. The van der Waals surface area contributed by atoms with Gasteiger partial charge in [0.05, 0.1) is 12.4 Å². The van der Waals surface area contributed by atoms with Crippen LogP contribution in [0.3, 0.4) is 0 Å². The Morgan fingerprint density at radius 1 is 1.47 bits per heavy atom. The molecule has 0 saturated heterocycles. The van der Waals surface area contributed by atoms with E-state index >= 15 is 0 Å². The largest absolute Gasteiger partial charge is 0.450 e. The van der Waals surface area contributed by atoms with Gasteiger partial charge in [-0.1, -0.05) is 11.8 Å². The topological polar surface area (TPSA) is 112 Å². The van der Waals surface area contributed by atoms with Gasteiger partial charge in [-0.05, 0) is 13.8 Å². The van der Waals surface area contributed by atoms with Crippen LogP contribution in [0.5, 0.6) is 0 Å². The van der Waals surface area contributed by atoms with Crippen molar-refractivity contribution in [3.63, 3.8) is 0 Å². The highest BCUT2D eigenvalue weighted by Crippen LogP contribution is 2.15. The molecule has 8 nitrogen and oxygen atoms in total. The summed E-state index contributed by atoms with van der Waals surface area (Å²) in [5.41, 5.74) is 5.49. The number of aromatic nitrogens is 3. The third-order valence-corrected chi connectivity index (χ3v) is 3.07. The maximum Gasteiger partial charge on any atom is 0.413 e. The van der Waals surface area contributed by atoms with Crippen LogP contribution >= 0.6 is 11.8 Å². The Hall–Kier alpha value is -1.61. The fourth-order valence-corrected chi connectivity index (χ4v) is 2.11. The Labute approximate surface area is 115 Å². The van der Waals surface area contributed by atoms with Crippen molar-refractivity contribution in [2.24, 2.45) is 5.73 Å². The molecule has 3 N–H and O–H groups in total. The maximum absolute atomic E-state index is 11.5. The molecule has 0 fully saturated rings. The van der Waals surface area contributed by atoms with Crippen LogP contribution in [0.2, 0.25) is 0 Å². The number of nitrogens with one attached hydrogen (secondary N) is 1. The highest BCUT2D eigenvalue weighted by Gasteiger charge is 2.13. The van der Waals surface area contributed by atoms with Gasteiger partial charge in [-0.3, -0.25) is 10.1 Å². The Morgan fingerprint density at radius 3 is 2.84 bits per heavy atom. The quantitative estimate of drug-likeness (QED) is 0.703. The Morgan fingerprint density at radius 2 is 2.21 bits per heavy atom. The number of imide groups is 1. The predicted octanol–water partition coefficient (Wildman–Crippen LogP) is -0.0900. The summed E-state index contributed by atoms with van der Waals surface area (Å²) in [4.78, 5) is 22.5. The Kier molecular flexibility index (Phi) is 6.30. The summed E-state index contributed by atoms with van der Waals surface area (Å²) in [6.07, 6.45) is -0.743. The van der Waals surface area contributed by atoms with Crippen LogP contribution in [0.25, 0.3) is 0 Å². The third-order valence-electron chi connectivity index (χ3n) is 2.10. The third kappa shape index (κ3) is 4.87. The minimum absolute atomic E-state index is 0.0571. The molecule has 1 aromatic heterocycles. The lowest BCUT2D eigenvalue weighted by Crippen LogP contribution is -2.32. The average Bonchev–Trinajstić information content (AvgIpc) is 2.69. The van der Waals surface area contributed by atoms with Crippen LogP contribution in [0.4, 0.5) is 4.79 Å². The summed E-state index contributed by atoms with van der Waals surface area (Å²) in [7, 11) is 0. The van der Waals surface area contributed by atoms with Crippen molar-refractivity contribution in [1.82, 2.24) is 20.1 Å². The number of carbonyl (C=O) groups is 2. The molecule has 1 aromatic rings. The van der Waals surface area contributed by atoms with E-state index in [-0.39, 0.29) is 12.4 Å². The van der Waals surface area contributed by atoms with E-state index in [0.717, 1.165) is 5.82 Å². The van der Waals surface area contributed by atoms with Crippen molar-refractivity contribution in [3.05, 3.63) is 5.82 Å². The van der Waals surface area contributed by atoms with Crippen molar-refractivity contribution < 1.29 is 14.3 Å². The fourth-order valence-electron chi connectivity index (χ4n) is 1.30. The van der Waals surface area contributed by atoms with E-state index in [2.05, 4.69) is 20.3 Å². The number of hydrogen-bond donors (Lipinski definition) is 2. The molecule has 9 heteroatoms. The highest BCUT2D eigenvalue weighted by atomic mass is 32.2. The lowest BCUT2D eigenvalue weighted by Gasteiger charge is -2.06. The molecular formula is C10H17N5O3S. The maximum atomic E-state index is 11.5. The van der Waals surface area contributed by atoms with Crippen molar-refractivity contribution in [1.29, 1.82) is 0 Å². The fraction of sp³-hybridized carbons (Fsp3) is 0.600.